The van der Waals surface area contributed by atoms with Gasteiger partial charge in [-0.15, -0.1) is 0 Å². The van der Waals surface area contributed by atoms with Gasteiger partial charge in [0.25, 0.3) is 0 Å². The molecule has 1 aliphatic rings. The topological polar surface area (TPSA) is 51.4 Å². The maximum absolute atomic E-state index is 5.98. The number of methoxy groups -OCH3 is 1. The number of nitrogens with two attached hydrogens (primary N) is 1. The van der Waals surface area contributed by atoms with Gasteiger partial charge in [-0.3, -0.25) is 4.98 Å². The molecule has 3 rings (SSSR count). The van der Waals surface area contributed by atoms with E-state index in [1.165, 1.54) is 5.69 Å². The summed E-state index contributed by atoms with van der Waals surface area (Å²) in [4.78, 5) is 6.72. The third-order valence-corrected chi connectivity index (χ3v) is 3.49. The predicted octanol–water partition coefficient (Wildman–Crippen LogP) is 1.78. The quantitative estimate of drug-likeness (QED) is 0.873. The Morgan fingerprint density at radius 3 is 3.00 bits per heavy atom. The summed E-state index contributed by atoms with van der Waals surface area (Å²) in [6.45, 7) is 1.92. The molecule has 2 heterocycles. The van der Waals surface area contributed by atoms with Gasteiger partial charge in [-0.2, -0.15) is 0 Å². The monoisotopic (exact) mass is 243 g/mol. The average Bonchev–Trinajstić information content (AvgIpc) is 2.84. The molecule has 4 nitrogen and oxygen atoms in total. The number of anilines is 1. The van der Waals surface area contributed by atoms with Crippen LogP contribution >= 0.6 is 0 Å². The lowest BCUT2D eigenvalue weighted by Crippen LogP contribution is -2.26. The number of hydrogen-bond acceptors (Lipinski definition) is 4. The molecule has 0 bridgehead atoms. The van der Waals surface area contributed by atoms with Crippen LogP contribution in [0.5, 0.6) is 5.75 Å². The van der Waals surface area contributed by atoms with Crippen molar-refractivity contribution in [2.24, 2.45) is 5.73 Å². The zero-order valence-electron chi connectivity index (χ0n) is 10.5. The van der Waals surface area contributed by atoms with Gasteiger partial charge >= 0.3 is 0 Å². The van der Waals surface area contributed by atoms with Crippen molar-refractivity contribution >= 4 is 16.6 Å². The standard InChI is InChI=1S/C14H17N3O/c1-18-11-2-3-13-12(8-11)14(4-6-16-13)17-7-5-10(15)9-17/h2-4,6,8,10H,5,7,9,15H2,1H3. The van der Waals surface area contributed by atoms with E-state index in [2.05, 4.69) is 16.0 Å². The summed E-state index contributed by atoms with van der Waals surface area (Å²) in [5.41, 5.74) is 8.18. The molecule has 0 saturated carbocycles. The molecular weight excluding hydrogens is 226 g/mol. The Morgan fingerprint density at radius 1 is 1.39 bits per heavy atom. The second kappa shape index (κ2) is 4.46. The second-order valence-electron chi connectivity index (χ2n) is 4.71. The molecule has 0 radical (unpaired) electrons. The number of pyridine rings is 1. The van der Waals surface area contributed by atoms with E-state index in [1.54, 1.807) is 7.11 Å². The zero-order chi connectivity index (χ0) is 12.5. The SMILES string of the molecule is COc1ccc2nccc(N3CCC(N)C3)c2c1. The highest BCUT2D eigenvalue weighted by Gasteiger charge is 2.20. The summed E-state index contributed by atoms with van der Waals surface area (Å²) in [6.07, 6.45) is 2.90. The first kappa shape index (κ1) is 11.3. The highest BCUT2D eigenvalue weighted by atomic mass is 16.5. The molecule has 94 valence electrons. The lowest BCUT2D eigenvalue weighted by Gasteiger charge is -2.20. The van der Waals surface area contributed by atoms with E-state index >= 15 is 0 Å². The number of aromatic nitrogens is 1. The van der Waals surface area contributed by atoms with Gasteiger partial charge in [-0.05, 0) is 30.7 Å². The number of fused-ring (bicyclic) bond motifs is 1. The van der Waals surface area contributed by atoms with Crippen molar-refractivity contribution in [3.05, 3.63) is 30.5 Å². The first-order valence-electron chi connectivity index (χ1n) is 6.21. The van der Waals surface area contributed by atoms with Gasteiger partial charge in [0.15, 0.2) is 0 Å². The molecule has 0 amide bonds. The van der Waals surface area contributed by atoms with Crippen LogP contribution in [-0.2, 0) is 0 Å². The number of benzene rings is 1. The fourth-order valence-electron chi connectivity index (χ4n) is 2.52. The van der Waals surface area contributed by atoms with Gasteiger partial charge in [-0.1, -0.05) is 0 Å². The summed E-state index contributed by atoms with van der Waals surface area (Å²) in [5.74, 6) is 0.861. The van der Waals surface area contributed by atoms with Crippen LogP contribution in [0.4, 0.5) is 5.69 Å². The zero-order valence-corrected chi connectivity index (χ0v) is 10.5. The van der Waals surface area contributed by atoms with Crippen molar-refractivity contribution < 1.29 is 4.74 Å². The fourth-order valence-corrected chi connectivity index (χ4v) is 2.52. The summed E-state index contributed by atoms with van der Waals surface area (Å²) < 4.78 is 5.29. The normalized spacial score (nSPS) is 19.4. The van der Waals surface area contributed by atoms with Gasteiger partial charge in [0.2, 0.25) is 0 Å². The third kappa shape index (κ3) is 1.88. The molecule has 4 heteroatoms. The number of ether oxygens (including phenoxy) is 1. The maximum atomic E-state index is 5.98. The molecule has 1 saturated heterocycles. The molecule has 0 spiro atoms. The largest absolute Gasteiger partial charge is 0.497 e. The van der Waals surface area contributed by atoms with E-state index in [0.717, 1.165) is 36.2 Å². The number of rotatable bonds is 2. The molecule has 2 N–H and O–H groups in total. The second-order valence-corrected chi connectivity index (χ2v) is 4.71. The van der Waals surface area contributed by atoms with Crippen LogP contribution < -0.4 is 15.4 Å². The van der Waals surface area contributed by atoms with E-state index in [-0.39, 0.29) is 6.04 Å². The minimum Gasteiger partial charge on any atom is -0.497 e. The van der Waals surface area contributed by atoms with Crippen molar-refractivity contribution in [3.63, 3.8) is 0 Å². The molecular formula is C14H17N3O. The van der Waals surface area contributed by atoms with E-state index in [0.29, 0.717) is 0 Å². The smallest absolute Gasteiger partial charge is 0.119 e. The van der Waals surface area contributed by atoms with Crippen molar-refractivity contribution in [3.8, 4) is 5.75 Å². The Bertz CT molecular complexity index is 570. The van der Waals surface area contributed by atoms with Crippen LogP contribution in [0.3, 0.4) is 0 Å². The van der Waals surface area contributed by atoms with Gasteiger partial charge in [0.1, 0.15) is 5.75 Å². The van der Waals surface area contributed by atoms with Crippen LogP contribution in [0.15, 0.2) is 30.5 Å². The molecule has 18 heavy (non-hydrogen) atoms. The van der Waals surface area contributed by atoms with Crippen LogP contribution in [0.2, 0.25) is 0 Å². The Hall–Kier alpha value is -1.81. The molecule has 1 aromatic carbocycles. The van der Waals surface area contributed by atoms with E-state index < -0.39 is 0 Å². The molecule has 1 fully saturated rings. The average molecular weight is 243 g/mol. The first-order valence-corrected chi connectivity index (χ1v) is 6.21. The highest BCUT2D eigenvalue weighted by Crippen LogP contribution is 2.30. The van der Waals surface area contributed by atoms with Crippen LogP contribution in [-0.4, -0.2) is 31.2 Å². The summed E-state index contributed by atoms with van der Waals surface area (Å²) in [6, 6.07) is 8.31. The lowest BCUT2D eigenvalue weighted by molar-refractivity contribution is 0.415. The van der Waals surface area contributed by atoms with E-state index in [9.17, 15) is 0 Å². The molecule has 0 aliphatic carbocycles. The van der Waals surface area contributed by atoms with Crippen molar-refractivity contribution in [2.45, 2.75) is 12.5 Å². The first-order chi connectivity index (χ1) is 8.78. The predicted molar refractivity (Wildman–Crippen MR) is 73.1 cm³/mol. The van der Waals surface area contributed by atoms with Gasteiger partial charge in [0, 0.05) is 36.4 Å². The summed E-state index contributed by atoms with van der Waals surface area (Å²) >= 11 is 0. The summed E-state index contributed by atoms with van der Waals surface area (Å²) in [7, 11) is 1.68. The fraction of sp³-hybridized carbons (Fsp3) is 0.357. The van der Waals surface area contributed by atoms with E-state index in [1.807, 2.05) is 24.4 Å². The third-order valence-electron chi connectivity index (χ3n) is 3.49. The number of nitrogens with zero attached hydrogens (tertiary/aromatic N) is 2. The van der Waals surface area contributed by atoms with Gasteiger partial charge in [0.05, 0.1) is 12.6 Å². The molecule has 2 aromatic rings. The Kier molecular flexibility index (Phi) is 2.80. The molecule has 1 aromatic heterocycles. The van der Waals surface area contributed by atoms with Crippen molar-refractivity contribution in [1.82, 2.24) is 4.98 Å². The van der Waals surface area contributed by atoms with Gasteiger partial charge in [-0.25, -0.2) is 0 Å². The molecule has 1 atom stereocenters. The Morgan fingerprint density at radius 2 is 2.28 bits per heavy atom. The lowest BCUT2D eigenvalue weighted by atomic mass is 10.1. The maximum Gasteiger partial charge on any atom is 0.119 e. The number of hydrogen-bond donors (Lipinski definition) is 1. The van der Waals surface area contributed by atoms with Crippen molar-refractivity contribution in [1.29, 1.82) is 0 Å². The van der Waals surface area contributed by atoms with E-state index in [4.69, 9.17) is 10.5 Å². The highest BCUT2D eigenvalue weighted by molar-refractivity contribution is 5.92. The van der Waals surface area contributed by atoms with Crippen LogP contribution in [0, 0.1) is 0 Å². The minimum atomic E-state index is 0.277. The summed E-state index contributed by atoms with van der Waals surface area (Å²) in [5, 5.41) is 1.13. The Labute approximate surface area is 106 Å². The van der Waals surface area contributed by atoms with Gasteiger partial charge < -0.3 is 15.4 Å². The molecule has 1 unspecified atom stereocenters. The molecule has 1 aliphatic heterocycles. The van der Waals surface area contributed by atoms with Crippen molar-refractivity contribution in [2.75, 3.05) is 25.1 Å². The Balaban J connectivity index is 2.10. The van der Waals surface area contributed by atoms with Crippen LogP contribution in [0.25, 0.3) is 10.9 Å². The minimum absolute atomic E-state index is 0.277. The van der Waals surface area contributed by atoms with Crippen LogP contribution in [0.1, 0.15) is 6.42 Å².